The summed E-state index contributed by atoms with van der Waals surface area (Å²) in [5.41, 5.74) is 8.92. The van der Waals surface area contributed by atoms with E-state index in [2.05, 4.69) is 15.7 Å². The van der Waals surface area contributed by atoms with E-state index in [1.54, 1.807) is 11.3 Å². The number of hydrogen-bond donors (Lipinski definition) is 2. The maximum absolute atomic E-state index is 5.88. The molecule has 0 spiro atoms. The molecule has 1 aromatic rings. The first-order valence-electron chi connectivity index (χ1n) is 5.27. The zero-order chi connectivity index (χ0) is 10.5. The van der Waals surface area contributed by atoms with Crippen LogP contribution in [0.3, 0.4) is 0 Å². The molecule has 0 aromatic carbocycles. The van der Waals surface area contributed by atoms with Crippen molar-refractivity contribution in [2.24, 2.45) is 11.7 Å². The minimum Gasteiger partial charge on any atom is -0.379 e. The molecule has 0 radical (unpaired) electrons. The largest absolute Gasteiger partial charge is 0.379 e. The Bertz CT molecular complexity index is 278. The molecular weight excluding hydrogens is 210 g/mol. The van der Waals surface area contributed by atoms with Crippen molar-refractivity contribution in [3.8, 4) is 0 Å². The Morgan fingerprint density at radius 2 is 2.53 bits per heavy atom. The van der Waals surface area contributed by atoms with Gasteiger partial charge in [0.05, 0.1) is 24.4 Å². The molecule has 84 valence electrons. The number of hydrogen-bond acceptors (Lipinski definition) is 5. The highest BCUT2D eigenvalue weighted by molar-refractivity contribution is 7.07. The summed E-state index contributed by atoms with van der Waals surface area (Å²) in [7, 11) is 0. The second kappa shape index (κ2) is 5.55. The molecule has 0 amide bonds. The lowest BCUT2D eigenvalue weighted by molar-refractivity contribution is 0.184. The third-order valence-corrected chi connectivity index (χ3v) is 3.33. The van der Waals surface area contributed by atoms with E-state index in [1.807, 2.05) is 5.51 Å². The van der Waals surface area contributed by atoms with Gasteiger partial charge in [-0.25, -0.2) is 4.98 Å². The highest BCUT2D eigenvalue weighted by Gasteiger charge is 2.23. The molecule has 4 nitrogen and oxygen atoms in total. The van der Waals surface area contributed by atoms with Gasteiger partial charge in [0.15, 0.2) is 0 Å². The molecular formula is C10H17N3OS. The Kier molecular flexibility index (Phi) is 4.08. The van der Waals surface area contributed by atoms with E-state index in [-0.39, 0.29) is 6.04 Å². The number of aromatic nitrogens is 1. The molecule has 1 saturated heterocycles. The first-order chi connectivity index (χ1) is 7.36. The molecule has 1 aliphatic heterocycles. The number of ether oxygens (including phenoxy) is 1. The lowest BCUT2D eigenvalue weighted by Crippen LogP contribution is -2.36. The molecule has 2 rings (SSSR count). The summed E-state index contributed by atoms with van der Waals surface area (Å²) in [6, 6.07) is 0.205. The topological polar surface area (TPSA) is 60.2 Å². The highest BCUT2D eigenvalue weighted by Crippen LogP contribution is 2.09. The zero-order valence-electron chi connectivity index (χ0n) is 8.69. The fourth-order valence-corrected chi connectivity index (χ4v) is 2.28. The van der Waals surface area contributed by atoms with Crippen molar-refractivity contribution in [2.75, 3.05) is 26.3 Å². The van der Waals surface area contributed by atoms with Gasteiger partial charge in [-0.1, -0.05) is 0 Å². The van der Waals surface area contributed by atoms with Crippen LogP contribution in [0.5, 0.6) is 0 Å². The molecule has 0 bridgehead atoms. The monoisotopic (exact) mass is 227 g/mol. The molecule has 0 saturated carbocycles. The minimum absolute atomic E-state index is 0.205. The molecule has 1 aliphatic rings. The molecule has 2 unspecified atom stereocenters. The number of thiazole rings is 1. The van der Waals surface area contributed by atoms with Crippen LogP contribution in [0, 0.1) is 5.92 Å². The molecule has 2 heterocycles. The maximum atomic E-state index is 5.88. The molecule has 3 N–H and O–H groups in total. The lowest BCUT2D eigenvalue weighted by atomic mass is 10.1. The summed E-state index contributed by atoms with van der Waals surface area (Å²) in [5, 5.41) is 5.49. The fourth-order valence-electron chi connectivity index (χ4n) is 1.69. The maximum Gasteiger partial charge on any atom is 0.0794 e. The molecule has 1 aromatic heterocycles. The summed E-state index contributed by atoms with van der Waals surface area (Å²) in [6.07, 6.45) is 0.992. The minimum atomic E-state index is 0.205. The van der Waals surface area contributed by atoms with Gasteiger partial charge in [0.25, 0.3) is 0 Å². The summed E-state index contributed by atoms with van der Waals surface area (Å²) in [4.78, 5) is 4.23. The average molecular weight is 227 g/mol. The SMILES string of the molecule is NC1COCC1CNCCc1cscn1. The molecule has 0 aliphatic carbocycles. The van der Waals surface area contributed by atoms with Crippen LogP contribution in [0.15, 0.2) is 10.9 Å². The third-order valence-electron chi connectivity index (χ3n) is 2.70. The van der Waals surface area contributed by atoms with Crippen LogP contribution in [0.2, 0.25) is 0 Å². The summed E-state index contributed by atoms with van der Waals surface area (Å²) < 4.78 is 5.30. The molecule has 15 heavy (non-hydrogen) atoms. The van der Waals surface area contributed by atoms with Crippen molar-refractivity contribution in [1.29, 1.82) is 0 Å². The van der Waals surface area contributed by atoms with Gasteiger partial charge in [0, 0.05) is 36.9 Å². The quantitative estimate of drug-likeness (QED) is 0.708. The van der Waals surface area contributed by atoms with Gasteiger partial charge in [-0.3, -0.25) is 0 Å². The van der Waals surface area contributed by atoms with E-state index in [9.17, 15) is 0 Å². The van der Waals surface area contributed by atoms with Crippen LogP contribution in [0.25, 0.3) is 0 Å². The standard InChI is InChI=1S/C10H17N3OS/c11-10-5-14-4-8(10)3-12-2-1-9-6-15-7-13-9/h6-8,10,12H,1-5,11H2. The Balaban J connectivity index is 1.59. The van der Waals surface area contributed by atoms with Crippen molar-refractivity contribution < 1.29 is 4.74 Å². The molecule has 2 atom stereocenters. The van der Waals surface area contributed by atoms with Crippen molar-refractivity contribution in [3.05, 3.63) is 16.6 Å². The fraction of sp³-hybridized carbons (Fsp3) is 0.700. The Labute approximate surface area is 93.8 Å². The predicted octanol–water partition coefficient (Wildman–Crippen LogP) is 0.249. The van der Waals surface area contributed by atoms with E-state index in [0.29, 0.717) is 12.5 Å². The Hall–Kier alpha value is -0.490. The number of nitrogens with one attached hydrogen (secondary N) is 1. The highest BCUT2D eigenvalue weighted by atomic mass is 32.1. The second-order valence-corrected chi connectivity index (χ2v) is 4.61. The van der Waals surface area contributed by atoms with E-state index < -0.39 is 0 Å². The number of rotatable bonds is 5. The first-order valence-corrected chi connectivity index (χ1v) is 6.21. The van der Waals surface area contributed by atoms with E-state index in [4.69, 9.17) is 10.5 Å². The van der Waals surface area contributed by atoms with E-state index in [0.717, 1.165) is 26.1 Å². The number of nitrogens with zero attached hydrogens (tertiary/aromatic N) is 1. The van der Waals surface area contributed by atoms with Gasteiger partial charge >= 0.3 is 0 Å². The van der Waals surface area contributed by atoms with Crippen molar-refractivity contribution in [2.45, 2.75) is 12.5 Å². The lowest BCUT2D eigenvalue weighted by Gasteiger charge is -2.13. The smallest absolute Gasteiger partial charge is 0.0794 e. The first kappa shape index (κ1) is 11.0. The predicted molar refractivity (Wildman–Crippen MR) is 61.0 cm³/mol. The number of nitrogens with two attached hydrogens (primary N) is 1. The van der Waals surface area contributed by atoms with Gasteiger partial charge in [-0.05, 0) is 0 Å². The second-order valence-electron chi connectivity index (χ2n) is 3.90. The third kappa shape index (κ3) is 3.24. The zero-order valence-corrected chi connectivity index (χ0v) is 9.50. The van der Waals surface area contributed by atoms with Gasteiger partial charge in [0.2, 0.25) is 0 Å². The van der Waals surface area contributed by atoms with Crippen LogP contribution in [0.4, 0.5) is 0 Å². The van der Waals surface area contributed by atoms with Crippen LogP contribution in [-0.2, 0) is 11.2 Å². The molecule has 5 heteroatoms. The normalized spacial score (nSPS) is 25.9. The Morgan fingerprint density at radius 3 is 3.20 bits per heavy atom. The summed E-state index contributed by atoms with van der Waals surface area (Å²) in [6.45, 7) is 3.42. The van der Waals surface area contributed by atoms with E-state index >= 15 is 0 Å². The summed E-state index contributed by atoms with van der Waals surface area (Å²) >= 11 is 1.64. The van der Waals surface area contributed by atoms with Gasteiger partial charge < -0.3 is 15.8 Å². The molecule has 1 fully saturated rings. The summed E-state index contributed by atoms with van der Waals surface area (Å²) in [5.74, 6) is 0.473. The van der Waals surface area contributed by atoms with Gasteiger partial charge in [0.1, 0.15) is 0 Å². The van der Waals surface area contributed by atoms with Crippen LogP contribution >= 0.6 is 11.3 Å². The van der Waals surface area contributed by atoms with Crippen LogP contribution in [0.1, 0.15) is 5.69 Å². The van der Waals surface area contributed by atoms with Crippen LogP contribution in [-0.4, -0.2) is 37.3 Å². The Morgan fingerprint density at radius 1 is 1.60 bits per heavy atom. The average Bonchev–Trinajstić information content (AvgIpc) is 2.85. The van der Waals surface area contributed by atoms with Gasteiger partial charge in [-0.15, -0.1) is 11.3 Å². The van der Waals surface area contributed by atoms with E-state index in [1.165, 1.54) is 5.69 Å². The van der Waals surface area contributed by atoms with Crippen LogP contribution < -0.4 is 11.1 Å². The van der Waals surface area contributed by atoms with Crippen molar-refractivity contribution in [3.63, 3.8) is 0 Å². The van der Waals surface area contributed by atoms with Gasteiger partial charge in [-0.2, -0.15) is 0 Å². The van der Waals surface area contributed by atoms with Crippen molar-refractivity contribution >= 4 is 11.3 Å². The van der Waals surface area contributed by atoms with Crippen molar-refractivity contribution in [1.82, 2.24) is 10.3 Å².